The highest BCUT2D eigenvalue weighted by Gasteiger charge is 2.16. The van der Waals surface area contributed by atoms with Crippen LogP contribution in [0.1, 0.15) is 15.9 Å². The molecule has 0 atom stereocenters. The summed E-state index contributed by atoms with van der Waals surface area (Å²) in [6.45, 7) is 0.388. The number of hydrogen-bond acceptors (Lipinski definition) is 3. The average molecular weight is 356 g/mol. The SMILES string of the molecule is COc1ccc(Cl)cc1CN(C)C(=O)c1cnn(-c2ccccc2)c1. The Labute approximate surface area is 151 Å². The number of methoxy groups -OCH3 is 1. The summed E-state index contributed by atoms with van der Waals surface area (Å²) in [7, 11) is 3.33. The van der Waals surface area contributed by atoms with E-state index in [2.05, 4.69) is 5.10 Å². The summed E-state index contributed by atoms with van der Waals surface area (Å²) in [4.78, 5) is 14.3. The molecular weight excluding hydrogens is 338 g/mol. The zero-order valence-corrected chi connectivity index (χ0v) is 14.8. The molecule has 0 spiro atoms. The van der Waals surface area contributed by atoms with Crippen molar-refractivity contribution in [1.29, 1.82) is 0 Å². The number of para-hydroxylation sites is 1. The number of aromatic nitrogens is 2. The van der Waals surface area contributed by atoms with Gasteiger partial charge in [0.15, 0.2) is 0 Å². The molecule has 1 aromatic heterocycles. The first-order valence-corrected chi connectivity index (χ1v) is 8.14. The Bertz CT molecular complexity index is 877. The van der Waals surface area contributed by atoms with E-state index in [9.17, 15) is 4.79 Å². The number of carbonyl (C=O) groups excluding carboxylic acids is 1. The molecule has 1 heterocycles. The van der Waals surface area contributed by atoms with Gasteiger partial charge in [-0.1, -0.05) is 29.8 Å². The van der Waals surface area contributed by atoms with Crippen molar-refractivity contribution >= 4 is 17.5 Å². The highest BCUT2D eigenvalue weighted by atomic mass is 35.5. The van der Waals surface area contributed by atoms with Crippen molar-refractivity contribution < 1.29 is 9.53 Å². The molecule has 0 bridgehead atoms. The third-order valence-electron chi connectivity index (χ3n) is 3.85. The summed E-state index contributed by atoms with van der Waals surface area (Å²) in [5, 5.41) is 4.87. The number of halogens is 1. The fourth-order valence-electron chi connectivity index (χ4n) is 2.57. The van der Waals surface area contributed by atoms with E-state index in [4.69, 9.17) is 16.3 Å². The number of ether oxygens (including phenoxy) is 1. The van der Waals surface area contributed by atoms with Gasteiger partial charge in [0, 0.05) is 30.4 Å². The van der Waals surface area contributed by atoms with Gasteiger partial charge in [-0.15, -0.1) is 0 Å². The third kappa shape index (κ3) is 3.83. The maximum atomic E-state index is 12.7. The largest absolute Gasteiger partial charge is 0.496 e. The second kappa shape index (κ2) is 7.40. The van der Waals surface area contributed by atoms with Crippen LogP contribution in [-0.4, -0.2) is 34.7 Å². The zero-order valence-electron chi connectivity index (χ0n) is 14.0. The molecule has 0 saturated heterocycles. The molecule has 128 valence electrons. The van der Waals surface area contributed by atoms with Crippen LogP contribution < -0.4 is 4.74 Å². The summed E-state index contributed by atoms with van der Waals surface area (Å²) < 4.78 is 7.02. The van der Waals surface area contributed by atoms with Crippen LogP contribution in [0.15, 0.2) is 60.9 Å². The molecule has 0 aliphatic carbocycles. The van der Waals surface area contributed by atoms with Crippen molar-refractivity contribution in [2.45, 2.75) is 6.54 Å². The zero-order chi connectivity index (χ0) is 17.8. The van der Waals surface area contributed by atoms with E-state index in [1.54, 1.807) is 54.3 Å². The van der Waals surface area contributed by atoms with Crippen molar-refractivity contribution in [3.63, 3.8) is 0 Å². The van der Waals surface area contributed by atoms with Crippen molar-refractivity contribution in [3.05, 3.63) is 77.1 Å². The molecule has 5 nitrogen and oxygen atoms in total. The first kappa shape index (κ1) is 17.0. The molecule has 0 saturated carbocycles. The van der Waals surface area contributed by atoms with Gasteiger partial charge in [0.1, 0.15) is 5.75 Å². The lowest BCUT2D eigenvalue weighted by atomic mass is 10.2. The molecule has 0 aliphatic heterocycles. The van der Waals surface area contributed by atoms with Crippen LogP contribution in [0.3, 0.4) is 0 Å². The van der Waals surface area contributed by atoms with Crippen molar-refractivity contribution in [1.82, 2.24) is 14.7 Å². The number of carbonyl (C=O) groups is 1. The van der Waals surface area contributed by atoms with Gasteiger partial charge in [-0.3, -0.25) is 4.79 Å². The highest BCUT2D eigenvalue weighted by Crippen LogP contribution is 2.24. The van der Waals surface area contributed by atoms with E-state index < -0.39 is 0 Å². The monoisotopic (exact) mass is 355 g/mol. The van der Waals surface area contributed by atoms with Crippen LogP contribution >= 0.6 is 11.6 Å². The molecule has 3 aromatic rings. The Morgan fingerprint density at radius 3 is 2.72 bits per heavy atom. The lowest BCUT2D eigenvalue weighted by Gasteiger charge is -2.18. The Balaban J connectivity index is 1.77. The second-order valence-electron chi connectivity index (χ2n) is 5.63. The minimum absolute atomic E-state index is 0.121. The van der Waals surface area contributed by atoms with Crippen LogP contribution in [-0.2, 0) is 6.54 Å². The van der Waals surface area contributed by atoms with Crippen LogP contribution in [0.5, 0.6) is 5.75 Å². The molecule has 0 N–H and O–H groups in total. The number of benzene rings is 2. The molecule has 0 aliphatic rings. The minimum Gasteiger partial charge on any atom is -0.496 e. The summed E-state index contributed by atoms with van der Waals surface area (Å²) in [6, 6.07) is 15.0. The predicted octanol–water partition coefficient (Wildman–Crippen LogP) is 3.81. The van der Waals surface area contributed by atoms with Gasteiger partial charge < -0.3 is 9.64 Å². The predicted molar refractivity (Wildman–Crippen MR) is 97.4 cm³/mol. The maximum Gasteiger partial charge on any atom is 0.257 e. The lowest BCUT2D eigenvalue weighted by molar-refractivity contribution is 0.0784. The quantitative estimate of drug-likeness (QED) is 0.699. The summed E-state index contributed by atoms with van der Waals surface area (Å²) in [5.74, 6) is 0.577. The molecule has 6 heteroatoms. The number of nitrogens with zero attached hydrogens (tertiary/aromatic N) is 3. The summed E-state index contributed by atoms with van der Waals surface area (Å²) in [5.41, 5.74) is 2.27. The third-order valence-corrected chi connectivity index (χ3v) is 4.08. The van der Waals surface area contributed by atoms with Gasteiger partial charge in [0.2, 0.25) is 0 Å². The first-order chi connectivity index (χ1) is 12.1. The van der Waals surface area contributed by atoms with Crippen molar-refractivity contribution in [2.24, 2.45) is 0 Å². The van der Waals surface area contributed by atoms with Gasteiger partial charge in [0.05, 0.1) is 24.6 Å². The molecular formula is C19H18ClN3O2. The second-order valence-corrected chi connectivity index (χ2v) is 6.06. The van der Waals surface area contributed by atoms with E-state index in [-0.39, 0.29) is 5.91 Å². The number of amides is 1. The normalized spacial score (nSPS) is 10.5. The molecule has 1 amide bonds. The van der Waals surface area contributed by atoms with Gasteiger partial charge in [-0.25, -0.2) is 4.68 Å². The highest BCUT2D eigenvalue weighted by molar-refractivity contribution is 6.30. The summed E-state index contributed by atoms with van der Waals surface area (Å²) >= 11 is 6.05. The van der Waals surface area contributed by atoms with Crippen LogP contribution in [0.25, 0.3) is 5.69 Å². The summed E-state index contributed by atoms with van der Waals surface area (Å²) in [6.07, 6.45) is 3.30. The fraction of sp³-hybridized carbons (Fsp3) is 0.158. The van der Waals surface area contributed by atoms with Crippen molar-refractivity contribution in [2.75, 3.05) is 14.2 Å². The number of hydrogen-bond donors (Lipinski definition) is 0. The smallest absolute Gasteiger partial charge is 0.257 e. The Morgan fingerprint density at radius 2 is 2.00 bits per heavy atom. The van der Waals surface area contributed by atoms with Crippen molar-refractivity contribution in [3.8, 4) is 11.4 Å². The molecule has 25 heavy (non-hydrogen) atoms. The minimum atomic E-state index is -0.121. The van der Waals surface area contributed by atoms with Gasteiger partial charge in [-0.2, -0.15) is 5.10 Å². The van der Waals surface area contributed by atoms with E-state index in [0.29, 0.717) is 22.9 Å². The fourth-order valence-corrected chi connectivity index (χ4v) is 2.77. The van der Waals surface area contributed by atoms with Gasteiger partial charge in [0.25, 0.3) is 5.91 Å². The van der Waals surface area contributed by atoms with E-state index >= 15 is 0 Å². The average Bonchev–Trinajstić information content (AvgIpc) is 3.12. The number of rotatable bonds is 5. The van der Waals surface area contributed by atoms with Gasteiger partial charge in [-0.05, 0) is 30.3 Å². The standard InChI is InChI=1S/C19H18ClN3O2/c1-22(12-14-10-16(20)8-9-18(14)25-2)19(24)15-11-21-23(13-15)17-6-4-3-5-7-17/h3-11,13H,12H2,1-2H3. The Morgan fingerprint density at radius 1 is 1.24 bits per heavy atom. The van der Waals surface area contributed by atoms with E-state index in [0.717, 1.165) is 11.3 Å². The molecule has 3 rings (SSSR count). The van der Waals surface area contributed by atoms with E-state index in [1.807, 2.05) is 30.3 Å². The maximum absolute atomic E-state index is 12.7. The van der Waals surface area contributed by atoms with Crippen LogP contribution in [0.4, 0.5) is 0 Å². The molecule has 0 fully saturated rings. The lowest BCUT2D eigenvalue weighted by Crippen LogP contribution is -2.26. The molecule has 0 unspecified atom stereocenters. The topological polar surface area (TPSA) is 47.4 Å². The molecule has 2 aromatic carbocycles. The Hall–Kier alpha value is -2.79. The first-order valence-electron chi connectivity index (χ1n) is 7.76. The molecule has 0 radical (unpaired) electrons. The Kier molecular flexibility index (Phi) is 5.05. The van der Waals surface area contributed by atoms with E-state index in [1.165, 1.54) is 0 Å². The van der Waals surface area contributed by atoms with Crippen LogP contribution in [0, 0.1) is 0 Å². The van der Waals surface area contributed by atoms with Gasteiger partial charge >= 0.3 is 0 Å². The van der Waals surface area contributed by atoms with Crippen LogP contribution in [0.2, 0.25) is 5.02 Å².